The van der Waals surface area contributed by atoms with Crippen LogP contribution in [0.2, 0.25) is 0 Å². The van der Waals surface area contributed by atoms with E-state index in [4.69, 9.17) is 18.6 Å². The standard InChI is InChI=1S/C23H25NO5/c1-26-20-13-17(14-21(27-2)22(20)28-3)23(25)24-10-8-15(9-11-24)19-12-16-6-4-5-7-18(16)29-19/h4-7,12-15H,8-11H2,1-3H3. The number of likely N-dealkylation sites (tertiary alicyclic amines) is 1. The molecule has 0 radical (unpaired) electrons. The van der Waals surface area contributed by atoms with Crippen LogP contribution in [0.25, 0.3) is 11.0 Å². The monoisotopic (exact) mass is 395 g/mol. The summed E-state index contributed by atoms with van der Waals surface area (Å²) in [6, 6.07) is 13.6. The summed E-state index contributed by atoms with van der Waals surface area (Å²) in [5.74, 6) is 2.74. The summed E-state index contributed by atoms with van der Waals surface area (Å²) in [5, 5.41) is 1.12. The molecule has 152 valence electrons. The van der Waals surface area contributed by atoms with Crippen LogP contribution in [0.3, 0.4) is 0 Å². The largest absolute Gasteiger partial charge is 0.493 e. The fourth-order valence-electron chi connectivity index (χ4n) is 3.96. The number of hydrogen-bond acceptors (Lipinski definition) is 5. The lowest BCUT2D eigenvalue weighted by atomic mass is 9.93. The SMILES string of the molecule is COc1cc(C(=O)N2CCC(c3cc4ccccc4o3)CC2)cc(OC)c1OC. The summed E-state index contributed by atoms with van der Waals surface area (Å²) in [4.78, 5) is 14.9. The number of nitrogens with zero attached hydrogens (tertiary/aromatic N) is 1. The molecule has 0 aliphatic carbocycles. The van der Waals surface area contributed by atoms with E-state index >= 15 is 0 Å². The first-order chi connectivity index (χ1) is 14.1. The second kappa shape index (κ2) is 8.07. The van der Waals surface area contributed by atoms with Gasteiger partial charge in [-0.25, -0.2) is 0 Å². The molecule has 0 saturated carbocycles. The van der Waals surface area contributed by atoms with Crippen LogP contribution in [0, 0.1) is 0 Å². The highest BCUT2D eigenvalue weighted by atomic mass is 16.5. The number of fused-ring (bicyclic) bond motifs is 1. The fraction of sp³-hybridized carbons (Fsp3) is 0.348. The zero-order chi connectivity index (χ0) is 20.4. The predicted octanol–water partition coefficient (Wildman–Crippen LogP) is 4.48. The molecular weight excluding hydrogens is 370 g/mol. The Morgan fingerprint density at radius 2 is 1.62 bits per heavy atom. The highest BCUT2D eigenvalue weighted by Crippen LogP contribution is 2.39. The molecule has 4 rings (SSSR count). The Kier molecular flexibility index (Phi) is 5.34. The molecule has 0 unspecified atom stereocenters. The van der Waals surface area contributed by atoms with Gasteiger partial charge in [0.15, 0.2) is 11.5 Å². The molecule has 0 atom stereocenters. The van der Waals surface area contributed by atoms with Crippen molar-refractivity contribution in [3.8, 4) is 17.2 Å². The smallest absolute Gasteiger partial charge is 0.254 e. The van der Waals surface area contributed by atoms with Gasteiger partial charge in [-0.15, -0.1) is 0 Å². The molecule has 1 aliphatic heterocycles. The molecule has 0 N–H and O–H groups in total. The molecule has 6 heteroatoms. The van der Waals surface area contributed by atoms with Crippen molar-refractivity contribution in [3.05, 3.63) is 53.8 Å². The van der Waals surface area contributed by atoms with Gasteiger partial charge in [-0.05, 0) is 37.1 Å². The first kappa shape index (κ1) is 19.2. The molecular formula is C23H25NO5. The second-order valence-corrected chi connectivity index (χ2v) is 7.17. The lowest BCUT2D eigenvalue weighted by Crippen LogP contribution is -2.37. The van der Waals surface area contributed by atoms with Crippen molar-refractivity contribution in [2.24, 2.45) is 0 Å². The number of carbonyl (C=O) groups excluding carboxylic acids is 1. The van der Waals surface area contributed by atoms with E-state index < -0.39 is 0 Å². The Hall–Kier alpha value is -3.15. The van der Waals surface area contributed by atoms with E-state index in [2.05, 4.69) is 12.1 Å². The third-order valence-electron chi connectivity index (χ3n) is 5.54. The highest BCUT2D eigenvalue weighted by molar-refractivity contribution is 5.95. The fourth-order valence-corrected chi connectivity index (χ4v) is 3.96. The van der Waals surface area contributed by atoms with Crippen LogP contribution >= 0.6 is 0 Å². The van der Waals surface area contributed by atoms with Gasteiger partial charge in [0.25, 0.3) is 5.91 Å². The van der Waals surface area contributed by atoms with E-state index in [1.165, 1.54) is 0 Å². The molecule has 1 fully saturated rings. The van der Waals surface area contributed by atoms with Gasteiger partial charge in [0.1, 0.15) is 11.3 Å². The average molecular weight is 395 g/mol. The molecule has 1 amide bonds. The number of furan rings is 1. The molecule has 2 aromatic carbocycles. The van der Waals surface area contributed by atoms with Crippen molar-refractivity contribution in [1.29, 1.82) is 0 Å². The maximum atomic E-state index is 13.1. The Bertz CT molecular complexity index is 959. The van der Waals surface area contributed by atoms with Crippen molar-refractivity contribution in [3.63, 3.8) is 0 Å². The normalized spacial score (nSPS) is 14.8. The third kappa shape index (κ3) is 3.62. The Balaban J connectivity index is 1.49. The minimum Gasteiger partial charge on any atom is -0.493 e. The number of amides is 1. The number of rotatable bonds is 5. The van der Waals surface area contributed by atoms with E-state index in [1.807, 2.05) is 23.1 Å². The van der Waals surface area contributed by atoms with Gasteiger partial charge in [0.05, 0.1) is 21.3 Å². The van der Waals surface area contributed by atoms with Crippen LogP contribution in [-0.2, 0) is 0 Å². The number of benzene rings is 2. The maximum Gasteiger partial charge on any atom is 0.254 e. The lowest BCUT2D eigenvalue weighted by Gasteiger charge is -2.31. The van der Waals surface area contributed by atoms with Gasteiger partial charge in [-0.2, -0.15) is 0 Å². The third-order valence-corrected chi connectivity index (χ3v) is 5.54. The Labute approximate surface area is 170 Å². The van der Waals surface area contributed by atoms with Crippen molar-refractivity contribution >= 4 is 16.9 Å². The minimum atomic E-state index is -0.0349. The van der Waals surface area contributed by atoms with Crippen molar-refractivity contribution in [2.45, 2.75) is 18.8 Å². The van der Waals surface area contributed by atoms with E-state index in [-0.39, 0.29) is 5.91 Å². The Morgan fingerprint density at radius 3 is 2.21 bits per heavy atom. The Morgan fingerprint density at radius 1 is 0.966 bits per heavy atom. The van der Waals surface area contributed by atoms with E-state index in [1.54, 1.807) is 33.5 Å². The minimum absolute atomic E-state index is 0.0349. The number of hydrogen-bond donors (Lipinski definition) is 0. The van der Waals surface area contributed by atoms with Crippen LogP contribution in [0.5, 0.6) is 17.2 Å². The molecule has 0 bridgehead atoms. The maximum absolute atomic E-state index is 13.1. The highest BCUT2D eigenvalue weighted by Gasteiger charge is 2.28. The number of piperidine rings is 1. The molecule has 1 aliphatic rings. The van der Waals surface area contributed by atoms with Gasteiger partial charge in [0, 0.05) is 30.0 Å². The summed E-state index contributed by atoms with van der Waals surface area (Å²) < 4.78 is 22.1. The summed E-state index contributed by atoms with van der Waals surface area (Å²) in [6.07, 6.45) is 1.74. The summed E-state index contributed by atoms with van der Waals surface area (Å²) >= 11 is 0. The van der Waals surface area contributed by atoms with E-state index in [0.717, 1.165) is 29.6 Å². The first-order valence-electron chi connectivity index (χ1n) is 9.72. The predicted molar refractivity (Wildman–Crippen MR) is 110 cm³/mol. The van der Waals surface area contributed by atoms with Crippen molar-refractivity contribution in [1.82, 2.24) is 4.90 Å². The number of carbonyl (C=O) groups is 1. The summed E-state index contributed by atoms with van der Waals surface area (Å²) in [5.41, 5.74) is 1.44. The van der Waals surface area contributed by atoms with E-state index in [0.29, 0.717) is 41.8 Å². The van der Waals surface area contributed by atoms with Crippen molar-refractivity contribution < 1.29 is 23.4 Å². The molecule has 1 saturated heterocycles. The van der Waals surface area contributed by atoms with Crippen LogP contribution < -0.4 is 14.2 Å². The van der Waals surface area contributed by atoms with Crippen LogP contribution in [0.4, 0.5) is 0 Å². The average Bonchev–Trinajstić information content (AvgIpc) is 3.22. The topological polar surface area (TPSA) is 61.1 Å². The second-order valence-electron chi connectivity index (χ2n) is 7.17. The number of para-hydroxylation sites is 1. The van der Waals surface area contributed by atoms with Gasteiger partial charge < -0.3 is 23.5 Å². The molecule has 3 aromatic rings. The van der Waals surface area contributed by atoms with Gasteiger partial charge >= 0.3 is 0 Å². The molecule has 29 heavy (non-hydrogen) atoms. The quantitative estimate of drug-likeness (QED) is 0.638. The van der Waals surface area contributed by atoms with Crippen molar-refractivity contribution in [2.75, 3.05) is 34.4 Å². The molecule has 6 nitrogen and oxygen atoms in total. The van der Waals surface area contributed by atoms with E-state index in [9.17, 15) is 4.79 Å². The van der Waals surface area contributed by atoms with Gasteiger partial charge in [-0.1, -0.05) is 18.2 Å². The lowest BCUT2D eigenvalue weighted by molar-refractivity contribution is 0.0707. The zero-order valence-electron chi connectivity index (χ0n) is 16.9. The molecule has 1 aromatic heterocycles. The number of methoxy groups -OCH3 is 3. The zero-order valence-corrected chi connectivity index (χ0v) is 16.9. The summed E-state index contributed by atoms with van der Waals surface area (Å²) in [6.45, 7) is 1.36. The number of ether oxygens (including phenoxy) is 3. The van der Waals surface area contributed by atoms with Crippen LogP contribution in [-0.4, -0.2) is 45.2 Å². The summed E-state index contributed by atoms with van der Waals surface area (Å²) in [7, 11) is 4.64. The first-order valence-corrected chi connectivity index (χ1v) is 9.72. The van der Waals surface area contributed by atoms with Gasteiger partial charge in [0.2, 0.25) is 5.75 Å². The van der Waals surface area contributed by atoms with Gasteiger partial charge in [-0.3, -0.25) is 4.79 Å². The van der Waals surface area contributed by atoms with Crippen LogP contribution in [0.1, 0.15) is 34.9 Å². The molecule has 2 heterocycles. The van der Waals surface area contributed by atoms with Crippen LogP contribution in [0.15, 0.2) is 46.9 Å². The molecule has 0 spiro atoms.